The van der Waals surface area contributed by atoms with Crippen LogP contribution in [-0.2, 0) is 9.53 Å². The summed E-state index contributed by atoms with van der Waals surface area (Å²) in [7, 11) is 0. The standard InChI is InChI=1S/C12H23N3O2S/c1-9(2)3-4-14-11(16)8-15-5-6-17-10(7-15)12(13)18/h9-10H,3-8H2,1-2H3,(H2,13,18)(H,14,16). The summed E-state index contributed by atoms with van der Waals surface area (Å²) >= 11 is 4.91. The Bertz CT molecular complexity index is 297. The Morgan fingerprint density at radius 3 is 2.94 bits per heavy atom. The van der Waals surface area contributed by atoms with Gasteiger partial charge in [-0.1, -0.05) is 26.1 Å². The molecule has 1 saturated heterocycles. The van der Waals surface area contributed by atoms with Crippen LogP contribution in [0.2, 0.25) is 0 Å². The number of hydrogen-bond donors (Lipinski definition) is 2. The summed E-state index contributed by atoms with van der Waals surface area (Å²) in [5.41, 5.74) is 5.55. The molecule has 0 aromatic heterocycles. The minimum absolute atomic E-state index is 0.0549. The van der Waals surface area contributed by atoms with E-state index >= 15 is 0 Å². The zero-order valence-electron chi connectivity index (χ0n) is 11.1. The average molecular weight is 273 g/mol. The van der Waals surface area contributed by atoms with Crippen molar-refractivity contribution in [2.45, 2.75) is 26.4 Å². The van der Waals surface area contributed by atoms with E-state index in [1.54, 1.807) is 0 Å². The van der Waals surface area contributed by atoms with Gasteiger partial charge in [0.1, 0.15) is 11.1 Å². The molecule has 1 atom stereocenters. The van der Waals surface area contributed by atoms with Crippen molar-refractivity contribution in [3.8, 4) is 0 Å². The van der Waals surface area contributed by atoms with Gasteiger partial charge >= 0.3 is 0 Å². The molecule has 6 heteroatoms. The van der Waals surface area contributed by atoms with Crippen LogP contribution in [0.5, 0.6) is 0 Å². The molecular formula is C12H23N3O2S. The molecule has 5 nitrogen and oxygen atoms in total. The first kappa shape index (κ1) is 15.3. The van der Waals surface area contributed by atoms with Crippen molar-refractivity contribution >= 4 is 23.1 Å². The van der Waals surface area contributed by atoms with Crippen molar-refractivity contribution in [2.75, 3.05) is 32.8 Å². The molecule has 1 fully saturated rings. The van der Waals surface area contributed by atoms with Crippen LogP contribution >= 0.6 is 12.2 Å². The van der Waals surface area contributed by atoms with Crippen LogP contribution in [0.4, 0.5) is 0 Å². The number of nitrogens with two attached hydrogens (primary N) is 1. The summed E-state index contributed by atoms with van der Waals surface area (Å²) in [5, 5.41) is 2.92. The van der Waals surface area contributed by atoms with E-state index in [4.69, 9.17) is 22.7 Å². The van der Waals surface area contributed by atoms with Crippen LogP contribution in [0.15, 0.2) is 0 Å². The minimum atomic E-state index is -0.225. The number of nitrogens with zero attached hydrogens (tertiary/aromatic N) is 1. The molecular weight excluding hydrogens is 250 g/mol. The molecule has 0 bridgehead atoms. The van der Waals surface area contributed by atoms with E-state index in [2.05, 4.69) is 19.2 Å². The average Bonchev–Trinajstić information content (AvgIpc) is 2.28. The number of amides is 1. The number of carbonyl (C=O) groups is 1. The molecule has 1 unspecified atom stereocenters. The molecule has 1 amide bonds. The predicted octanol–water partition coefficient (Wildman–Crippen LogP) is 0.136. The van der Waals surface area contributed by atoms with Crippen molar-refractivity contribution in [1.82, 2.24) is 10.2 Å². The van der Waals surface area contributed by atoms with Crippen LogP contribution in [0.3, 0.4) is 0 Å². The number of carbonyl (C=O) groups excluding carboxylic acids is 1. The number of ether oxygens (including phenoxy) is 1. The van der Waals surface area contributed by atoms with Crippen molar-refractivity contribution in [2.24, 2.45) is 11.7 Å². The quantitative estimate of drug-likeness (QED) is 0.674. The maximum Gasteiger partial charge on any atom is 0.234 e. The molecule has 0 aliphatic carbocycles. The number of hydrogen-bond acceptors (Lipinski definition) is 4. The van der Waals surface area contributed by atoms with Gasteiger partial charge in [-0.25, -0.2) is 0 Å². The van der Waals surface area contributed by atoms with Gasteiger partial charge in [-0.2, -0.15) is 0 Å². The largest absolute Gasteiger partial charge is 0.391 e. The summed E-state index contributed by atoms with van der Waals surface area (Å²) in [6.07, 6.45) is 0.780. The Balaban J connectivity index is 2.24. The van der Waals surface area contributed by atoms with Crippen LogP contribution in [-0.4, -0.2) is 54.7 Å². The highest BCUT2D eigenvalue weighted by atomic mass is 32.1. The van der Waals surface area contributed by atoms with Gasteiger partial charge in [-0.15, -0.1) is 0 Å². The molecule has 1 aliphatic rings. The van der Waals surface area contributed by atoms with Crippen molar-refractivity contribution in [3.63, 3.8) is 0 Å². The van der Waals surface area contributed by atoms with Crippen molar-refractivity contribution in [3.05, 3.63) is 0 Å². The Kier molecular flexibility index (Phi) is 6.52. The van der Waals surface area contributed by atoms with Crippen LogP contribution in [0, 0.1) is 5.92 Å². The summed E-state index contributed by atoms with van der Waals surface area (Å²) in [4.78, 5) is 14.1. The maximum absolute atomic E-state index is 11.7. The van der Waals surface area contributed by atoms with Crippen molar-refractivity contribution in [1.29, 1.82) is 0 Å². The number of thiocarbonyl (C=S) groups is 1. The van der Waals surface area contributed by atoms with Gasteiger partial charge in [0.15, 0.2) is 0 Å². The van der Waals surface area contributed by atoms with E-state index in [0.717, 1.165) is 19.5 Å². The molecule has 0 saturated carbocycles. The molecule has 0 radical (unpaired) electrons. The molecule has 3 N–H and O–H groups in total. The Morgan fingerprint density at radius 2 is 2.33 bits per heavy atom. The topological polar surface area (TPSA) is 67.6 Å². The maximum atomic E-state index is 11.7. The second-order valence-electron chi connectivity index (χ2n) is 5.03. The van der Waals surface area contributed by atoms with E-state index in [1.807, 2.05) is 4.90 Å². The lowest BCUT2D eigenvalue weighted by Gasteiger charge is -2.31. The second kappa shape index (κ2) is 7.66. The SMILES string of the molecule is CC(C)CCNC(=O)CN1CCOC(C(N)=S)C1. The second-order valence-corrected chi connectivity index (χ2v) is 5.50. The zero-order valence-corrected chi connectivity index (χ0v) is 12.0. The molecule has 0 spiro atoms. The van der Waals surface area contributed by atoms with Crippen LogP contribution in [0.1, 0.15) is 20.3 Å². The van der Waals surface area contributed by atoms with E-state index in [9.17, 15) is 4.79 Å². The first-order valence-electron chi connectivity index (χ1n) is 6.39. The van der Waals surface area contributed by atoms with Gasteiger partial charge in [-0.05, 0) is 12.3 Å². The third kappa shape index (κ3) is 5.75. The third-order valence-corrected chi connectivity index (χ3v) is 3.14. The summed E-state index contributed by atoms with van der Waals surface area (Å²) < 4.78 is 5.42. The first-order chi connectivity index (χ1) is 8.49. The highest BCUT2D eigenvalue weighted by Crippen LogP contribution is 2.05. The molecule has 0 aromatic carbocycles. The number of rotatable bonds is 6. The fourth-order valence-electron chi connectivity index (χ4n) is 1.78. The zero-order chi connectivity index (χ0) is 13.5. The molecule has 18 heavy (non-hydrogen) atoms. The lowest BCUT2D eigenvalue weighted by Crippen LogP contribution is -2.50. The number of nitrogens with one attached hydrogen (secondary N) is 1. The summed E-state index contributed by atoms with van der Waals surface area (Å²) in [6.45, 7) is 7.33. The predicted molar refractivity (Wildman–Crippen MR) is 75.4 cm³/mol. The van der Waals surface area contributed by atoms with Gasteiger partial charge in [0.25, 0.3) is 0 Å². The fraction of sp³-hybridized carbons (Fsp3) is 0.833. The van der Waals surface area contributed by atoms with Crippen molar-refractivity contribution < 1.29 is 9.53 Å². The highest BCUT2D eigenvalue weighted by molar-refractivity contribution is 7.80. The van der Waals surface area contributed by atoms with Crippen LogP contribution in [0.25, 0.3) is 0 Å². The Morgan fingerprint density at radius 1 is 1.61 bits per heavy atom. The molecule has 0 aromatic rings. The fourth-order valence-corrected chi connectivity index (χ4v) is 1.92. The molecule has 1 rings (SSSR count). The first-order valence-corrected chi connectivity index (χ1v) is 6.80. The Labute approximate surface area is 114 Å². The van der Waals surface area contributed by atoms with Gasteiger partial charge in [0.05, 0.1) is 13.2 Å². The molecule has 104 valence electrons. The van der Waals surface area contributed by atoms with Gasteiger partial charge in [-0.3, -0.25) is 9.69 Å². The monoisotopic (exact) mass is 273 g/mol. The normalized spacial score (nSPS) is 20.9. The lowest BCUT2D eigenvalue weighted by atomic mass is 10.1. The van der Waals surface area contributed by atoms with E-state index in [-0.39, 0.29) is 12.0 Å². The van der Waals surface area contributed by atoms with E-state index in [1.165, 1.54) is 0 Å². The molecule has 1 aliphatic heterocycles. The summed E-state index contributed by atoms with van der Waals surface area (Å²) in [5.74, 6) is 0.659. The Hall–Kier alpha value is -0.720. The van der Waals surface area contributed by atoms with E-state index < -0.39 is 0 Å². The third-order valence-electron chi connectivity index (χ3n) is 2.88. The highest BCUT2D eigenvalue weighted by Gasteiger charge is 2.23. The van der Waals surface area contributed by atoms with Gasteiger partial charge in [0, 0.05) is 19.6 Å². The van der Waals surface area contributed by atoms with Gasteiger partial charge in [0.2, 0.25) is 5.91 Å². The smallest absolute Gasteiger partial charge is 0.234 e. The van der Waals surface area contributed by atoms with Gasteiger partial charge < -0.3 is 15.8 Å². The lowest BCUT2D eigenvalue weighted by molar-refractivity contribution is -0.123. The molecule has 1 heterocycles. The minimum Gasteiger partial charge on any atom is -0.391 e. The number of morpholine rings is 1. The van der Waals surface area contributed by atoms with E-state index in [0.29, 0.717) is 30.6 Å². The van der Waals surface area contributed by atoms with Crippen LogP contribution < -0.4 is 11.1 Å². The summed E-state index contributed by atoms with van der Waals surface area (Å²) in [6, 6.07) is 0.